The Labute approximate surface area is 170 Å². The van der Waals surface area contributed by atoms with Gasteiger partial charge in [-0.25, -0.2) is 0 Å². The molecule has 2 aromatic rings. The number of nitrogens with zero attached hydrogens (tertiary/aromatic N) is 1. The van der Waals surface area contributed by atoms with Crippen LogP contribution in [0.3, 0.4) is 0 Å². The first-order valence-corrected chi connectivity index (χ1v) is 10.4. The zero-order valence-electron chi connectivity index (χ0n) is 16.6. The van der Waals surface area contributed by atoms with E-state index in [4.69, 9.17) is 9.15 Å². The number of furan rings is 1. The lowest BCUT2D eigenvalue weighted by Crippen LogP contribution is -2.42. The molecule has 3 aliphatic rings. The summed E-state index contributed by atoms with van der Waals surface area (Å²) >= 11 is 0. The number of fused-ring (bicyclic) bond motifs is 1. The second-order valence-electron chi connectivity index (χ2n) is 8.70. The molecule has 3 aliphatic heterocycles. The van der Waals surface area contributed by atoms with E-state index in [2.05, 4.69) is 5.32 Å². The van der Waals surface area contributed by atoms with E-state index in [9.17, 15) is 9.59 Å². The molecule has 1 spiro atoms. The summed E-state index contributed by atoms with van der Waals surface area (Å²) in [4.78, 5) is 27.1. The van der Waals surface area contributed by atoms with Gasteiger partial charge in [0.05, 0.1) is 36.5 Å². The minimum Gasteiger partial charge on any atom is -0.472 e. The quantitative estimate of drug-likeness (QED) is 0.846. The Morgan fingerprint density at radius 1 is 1.31 bits per heavy atom. The van der Waals surface area contributed by atoms with Crippen molar-refractivity contribution in [3.8, 4) is 0 Å². The van der Waals surface area contributed by atoms with Crippen LogP contribution in [0.15, 0.2) is 47.3 Å². The average molecular weight is 394 g/mol. The Balaban J connectivity index is 1.23. The van der Waals surface area contributed by atoms with Crippen LogP contribution in [-0.4, -0.2) is 48.1 Å². The molecule has 3 fully saturated rings. The highest BCUT2D eigenvalue weighted by Gasteiger charge is 2.63. The molecule has 6 heteroatoms. The highest BCUT2D eigenvalue weighted by molar-refractivity contribution is 5.94. The molecule has 2 bridgehead atoms. The topological polar surface area (TPSA) is 71.8 Å². The van der Waals surface area contributed by atoms with Crippen molar-refractivity contribution in [2.24, 2.45) is 11.8 Å². The highest BCUT2D eigenvalue weighted by atomic mass is 16.5. The molecular formula is C23H26N2O4. The van der Waals surface area contributed by atoms with Gasteiger partial charge in [0, 0.05) is 24.9 Å². The lowest BCUT2D eigenvalue weighted by molar-refractivity contribution is -0.120. The Bertz CT molecular complexity index is 925. The van der Waals surface area contributed by atoms with E-state index in [-0.39, 0.29) is 35.4 Å². The molecule has 1 N–H and O–H groups in total. The maximum absolute atomic E-state index is 12.8. The van der Waals surface area contributed by atoms with Gasteiger partial charge in [-0.05, 0) is 31.4 Å². The number of aryl methyl sites for hydroxylation is 1. The van der Waals surface area contributed by atoms with E-state index in [0.717, 1.165) is 24.0 Å². The van der Waals surface area contributed by atoms with Gasteiger partial charge in [-0.3, -0.25) is 9.59 Å². The van der Waals surface area contributed by atoms with Gasteiger partial charge in [0.1, 0.15) is 6.26 Å². The minimum absolute atomic E-state index is 0.00296. The van der Waals surface area contributed by atoms with Crippen LogP contribution in [0.2, 0.25) is 0 Å². The predicted molar refractivity (Wildman–Crippen MR) is 106 cm³/mol. The number of amides is 2. The summed E-state index contributed by atoms with van der Waals surface area (Å²) in [5.74, 6) is 0.567. The van der Waals surface area contributed by atoms with Crippen LogP contribution in [-0.2, 0) is 16.0 Å². The van der Waals surface area contributed by atoms with Crippen molar-refractivity contribution in [1.82, 2.24) is 10.2 Å². The van der Waals surface area contributed by atoms with Gasteiger partial charge in [-0.15, -0.1) is 0 Å². The van der Waals surface area contributed by atoms with E-state index in [1.807, 2.05) is 36.1 Å². The lowest BCUT2D eigenvalue weighted by Gasteiger charge is -2.29. The summed E-state index contributed by atoms with van der Waals surface area (Å²) in [5.41, 5.74) is 2.53. The highest BCUT2D eigenvalue weighted by Crippen LogP contribution is 2.54. The monoisotopic (exact) mass is 394 g/mol. The number of hydrogen-bond donors (Lipinski definition) is 1. The first kappa shape index (κ1) is 18.4. The van der Waals surface area contributed by atoms with E-state index < -0.39 is 0 Å². The van der Waals surface area contributed by atoms with Crippen molar-refractivity contribution in [3.05, 3.63) is 59.5 Å². The van der Waals surface area contributed by atoms with Gasteiger partial charge < -0.3 is 19.4 Å². The molecule has 2 amide bonds. The molecular weight excluding hydrogens is 368 g/mol. The Hall–Kier alpha value is -2.60. The summed E-state index contributed by atoms with van der Waals surface area (Å²) in [6.45, 7) is 3.95. The largest absolute Gasteiger partial charge is 0.472 e. The molecule has 0 saturated carbocycles. The number of nitrogens with one attached hydrogen (secondary N) is 1. The van der Waals surface area contributed by atoms with Crippen LogP contribution >= 0.6 is 0 Å². The number of hydrogen-bond acceptors (Lipinski definition) is 4. The van der Waals surface area contributed by atoms with E-state index in [0.29, 0.717) is 31.6 Å². The summed E-state index contributed by atoms with van der Waals surface area (Å²) in [7, 11) is 0. The van der Waals surface area contributed by atoms with Gasteiger partial charge in [0.25, 0.3) is 5.91 Å². The smallest absolute Gasteiger partial charge is 0.257 e. The van der Waals surface area contributed by atoms with Crippen molar-refractivity contribution < 1.29 is 18.7 Å². The van der Waals surface area contributed by atoms with Crippen molar-refractivity contribution in [2.75, 3.05) is 19.6 Å². The summed E-state index contributed by atoms with van der Waals surface area (Å²) in [6.07, 6.45) is 5.59. The van der Waals surface area contributed by atoms with Gasteiger partial charge >= 0.3 is 0 Å². The van der Waals surface area contributed by atoms with Crippen LogP contribution in [0.5, 0.6) is 0 Å². The maximum Gasteiger partial charge on any atom is 0.257 e. The molecule has 29 heavy (non-hydrogen) atoms. The predicted octanol–water partition coefficient (Wildman–Crippen LogP) is 2.57. The second-order valence-corrected chi connectivity index (χ2v) is 8.70. The van der Waals surface area contributed by atoms with E-state index in [1.54, 1.807) is 6.07 Å². The molecule has 4 heterocycles. The second kappa shape index (κ2) is 7.02. The summed E-state index contributed by atoms with van der Waals surface area (Å²) < 4.78 is 11.5. The summed E-state index contributed by atoms with van der Waals surface area (Å²) in [6, 6.07) is 9.75. The summed E-state index contributed by atoms with van der Waals surface area (Å²) in [5, 5.41) is 3.12. The van der Waals surface area contributed by atoms with Gasteiger partial charge in [0.15, 0.2) is 0 Å². The minimum atomic E-state index is -0.240. The third-order valence-electron chi connectivity index (χ3n) is 6.82. The maximum atomic E-state index is 12.8. The fourth-order valence-electron chi connectivity index (χ4n) is 5.49. The number of carbonyl (C=O) groups excluding carboxylic acids is 2. The van der Waals surface area contributed by atoms with Crippen LogP contribution in [0.1, 0.15) is 34.3 Å². The SMILES string of the molecule is Cc1cccc(CC(=O)NC[C@H]2[C@H]3CN(C(=O)c4ccoc4)C[C@]34CC[C@H]2O4)c1. The standard InChI is InChI=1S/C23H26N2O4/c1-15-3-2-4-16(9-15)10-21(26)24-11-18-19-12-25(22(27)17-6-8-28-13-17)14-23(19)7-5-20(18)29-23/h2-4,6,8-9,13,18-20H,5,7,10-12,14H2,1H3,(H,24,26)/t18-,19+,20+,23+/m0/s1. The number of ether oxygens (including phenoxy) is 1. The number of likely N-dealkylation sites (tertiary alicyclic amines) is 1. The van der Waals surface area contributed by atoms with E-state index >= 15 is 0 Å². The van der Waals surface area contributed by atoms with Crippen LogP contribution in [0.25, 0.3) is 0 Å². The van der Waals surface area contributed by atoms with Crippen molar-refractivity contribution in [3.63, 3.8) is 0 Å². The fourth-order valence-corrected chi connectivity index (χ4v) is 5.49. The molecule has 0 radical (unpaired) electrons. The van der Waals surface area contributed by atoms with Gasteiger partial charge in [-0.2, -0.15) is 0 Å². The molecule has 0 aliphatic carbocycles. The molecule has 1 aromatic carbocycles. The number of rotatable bonds is 5. The Morgan fingerprint density at radius 3 is 3.00 bits per heavy atom. The normalized spacial score (nSPS) is 29.8. The fraction of sp³-hybridized carbons (Fsp3) is 0.478. The van der Waals surface area contributed by atoms with E-state index in [1.165, 1.54) is 12.5 Å². The molecule has 152 valence electrons. The molecule has 0 unspecified atom stereocenters. The number of carbonyl (C=O) groups is 2. The Kier molecular flexibility index (Phi) is 4.46. The Morgan fingerprint density at radius 2 is 2.21 bits per heavy atom. The average Bonchev–Trinajstić information content (AvgIpc) is 3.46. The van der Waals surface area contributed by atoms with Gasteiger partial charge in [-0.1, -0.05) is 29.8 Å². The third kappa shape index (κ3) is 3.25. The van der Waals surface area contributed by atoms with Crippen molar-refractivity contribution >= 4 is 11.8 Å². The number of benzene rings is 1. The van der Waals surface area contributed by atoms with Crippen LogP contribution in [0.4, 0.5) is 0 Å². The van der Waals surface area contributed by atoms with Gasteiger partial charge in [0.2, 0.25) is 5.91 Å². The molecule has 5 rings (SSSR count). The lowest BCUT2D eigenvalue weighted by atomic mass is 9.73. The third-order valence-corrected chi connectivity index (χ3v) is 6.82. The molecule has 4 atom stereocenters. The first-order chi connectivity index (χ1) is 14.0. The zero-order chi connectivity index (χ0) is 20.0. The zero-order valence-corrected chi connectivity index (χ0v) is 16.6. The molecule has 1 aromatic heterocycles. The van der Waals surface area contributed by atoms with Crippen molar-refractivity contribution in [2.45, 2.75) is 37.9 Å². The van der Waals surface area contributed by atoms with Crippen molar-refractivity contribution in [1.29, 1.82) is 0 Å². The molecule has 6 nitrogen and oxygen atoms in total. The first-order valence-electron chi connectivity index (χ1n) is 10.4. The van der Waals surface area contributed by atoms with Crippen LogP contribution in [0, 0.1) is 18.8 Å². The van der Waals surface area contributed by atoms with Crippen LogP contribution < -0.4 is 5.32 Å². The molecule has 3 saturated heterocycles.